The molecule has 1 atom stereocenters. The molecular weight excluding hydrogens is 204 g/mol. The fourth-order valence-electron chi connectivity index (χ4n) is 2.84. The van der Waals surface area contributed by atoms with Crippen LogP contribution in [0.4, 0.5) is 0 Å². The molecule has 4 aliphatic rings. The smallest absolute Gasteiger partial charge is 0.165 e. The number of hydrogen-bond acceptors (Lipinski definition) is 3. The number of nitrogens with two attached hydrogens (primary N) is 1. The van der Waals surface area contributed by atoms with Crippen LogP contribution in [0.15, 0.2) is 5.16 Å². The fraction of sp³-hybridized carbons (Fsp3) is 0.917. The second-order valence-corrected chi connectivity index (χ2v) is 5.42. The van der Waals surface area contributed by atoms with Crippen LogP contribution in [0, 0.1) is 11.8 Å². The molecular formula is C12H20N2O2. The lowest BCUT2D eigenvalue weighted by Crippen LogP contribution is -2.28. The van der Waals surface area contributed by atoms with Crippen LogP contribution in [0.5, 0.6) is 0 Å². The zero-order chi connectivity index (χ0) is 11.0. The molecule has 4 heteroatoms. The Morgan fingerprint density at radius 1 is 1.25 bits per heavy atom. The highest BCUT2D eigenvalue weighted by molar-refractivity contribution is 5.80. The van der Waals surface area contributed by atoms with Gasteiger partial charge in [-0.3, -0.25) is 0 Å². The first-order valence-electron chi connectivity index (χ1n) is 6.41. The van der Waals surface area contributed by atoms with E-state index in [9.17, 15) is 0 Å². The van der Waals surface area contributed by atoms with Gasteiger partial charge in [0.1, 0.15) is 12.7 Å². The van der Waals surface area contributed by atoms with Gasteiger partial charge in [-0.1, -0.05) is 5.16 Å². The van der Waals surface area contributed by atoms with E-state index in [4.69, 9.17) is 15.3 Å². The molecule has 0 aromatic rings. The molecule has 0 aromatic carbocycles. The van der Waals surface area contributed by atoms with Gasteiger partial charge in [-0.2, -0.15) is 0 Å². The van der Waals surface area contributed by atoms with Gasteiger partial charge in [0.2, 0.25) is 0 Å². The SMILES string of the molecule is N/C(COC1CCC1)=N\OC1CC2CC1C2. The van der Waals surface area contributed by atoms with Gasteiger partial charge >= 0.3 is 0 Å². The average molecular weight is 224 g/mol. The van der Waals surface area contributed by atoms with Gasteiger partial charge in [0.15, 0.2) is 5.84 Å². The monoisotopic (exact) mass is 224 g/mol. The third kappa shape index (κ3) is 2.03. The molecule has 0 heterocycles. The summed E-state index contributed by atoms with van der Waals surface area (Å²) < 4.78 is 5.56. The summed E-state index contributed by atoms with van der Waals surface area (Å²) in [5.41, 5.74) is 5.74. The lowest BCUT2D eigenvalue weighted by Gasteiger charge is -2.25. The summed E-state index contributed by atoms with van der Waals surface area (Å²) in [6, 6.07) is 0. The maximum Gasteiger partial charge on any atom is 0.165 e. The van der Waals surface area contributed by atoms with Crippen LogP contribution in [0.25, 0.3) is 0 Å². The number of rotatable bonds is 5. The topological polar surface area (TPSA) is 56.8 Å². The Morgan fingerprint density at radius 3 is 2.62 bits per heavy atom. The zero-order valence-corrected chi connectivity index (χ0v) is 9.60. The Balaban J connectivity index is 1.37. The first-order chi connectivity index (χ1) is 7.81. The fourth-order valence-corrected chi connectivity index (χ4v) is 2.84. The van der Waals surface area contributed by atoms with Gasteiger partial charge in [0.25, 0.3) is 0 Å². The number of amidine groups is 1. The molecule has 4 fully saturated rings. The van der Waals surface area contributed by atoms with Crippen molar-refractivity contribution in [3.8, 4) is 0 Å². The molecule has 2 N–H and O–H groups in total. The normalized spacial score (nSPS) is 38.0. The van der Waals surface area contributed by atoms with E-state index < -0.39 is 0 Å². The highest BCUT2D eigenvalue weighted by atomic mass is 16.6. The minimum Gasteiger partial charge on any atom is -0.391 e. The Hall–Kier alpha value is -0.770. The van der Waals surface area contributed by atoms with Crippen molar-refractivity contribution in [3.63, 3.8) is 0 Å². The van der Waals surface area contributed by atoms with Crippen molar-refractivity contribution in [1.82, 2.24) is 0 Å². The number of fused-ring (bicyclic) bond motifs is 1. The maximum absolute atomic E-state index is 5.74. The summed E-state index contributed by atoms with van der Waals surface area (Å²) in [6.45, 7) is 0.422. The minimum absolute atomic E-state index is 0.326. The Kier molecular flexibility index (Phi) is 2.75. The van der Waals surface area contributed by atoms with Crippen LogP contribution in [0.2, 0.25) is 0 Å². The summed E-state index contributed by atoms with van der Waals surface area (Å²) in [5.74, 6) is 2.13. The second-order valence-electron chi connectivity index (χ2n) is 5.42. The van der Waals surface area contributed by atoms with E-state index in [1.54, 1.807) is 0 Å². The molecule has 0 spiro atoms. The molecule has 0 aromatic heterocycles. The van der Waals surface area contributed by atoms with Crippen LogP contribution < -0.4 is 5.73 Å². The van der Waals surface area contributed by atoms with Gasteiger partial charge in [-0.15, -0.1) is 0 Å². The first kappa shape index (κ1) is 10.4. The van der Waals surface area contributed by atoms with E-state index in [1.165, 1.54) is 38.5 Å². The second kappa shape index (κ2) is 4.24. The van der Waals surface area contributed by atoms with Gasteiger partial charge in [0, 0.05) is 0 Å². The molecule has 0 aliphatic heterocycles. The highest BCUT2D eigenvalue weighted by Gasteiger charge is 2.46. The van der Waals surface area contributed by atoms with E-state index in [1.807, 2.05) is 0 Å². The number of ether oxygens (including phenoxy) is 1. The van der Waals surface area contributed by atoms with Crippen LogP contribution >= 0.6 is 0 Å². The summed E-state index contributed by atoms with van der Waals surface area (Å²) >= 11 is 0. The van der Waals surface area contributed by atoms with Crippen molar-refractivity contribution in [2.75, 3.05) is 6.61 Å². The largest absolute Gasteiger partial charge is 0.391 e. The molecule has 4 saturated carbocycles. The predicted molar refractivity (Wildman–Crippen MR) is 60.9 cm³/mol. The molecule has 0 radical (unpaired) electrons. The Bertz CT molecular complexity index is 283. The molecule has 0 saturated heterocycles. The van der Waals surface area contributed by atoms with Crippen molar-refractivity contribution in [2.24, 2.45) is 22.7 Å². The standard InChI is InChI=1S/C12H20N2O2/c13-12(7-15-10-2-1-3-10)14-16-11-6-8-4-9(11)5-8/h8-11H,1-7H2,(H2,13,14). The van der Waals surface area contributed by atoms with Crippen molar-refractivity contribution >= 4 is 5.84 Å². The van der Waals surface area contributed by atoms with Crippen molar-refractivity contribution in [3.05, 3.63) is 0 Å². The van der Waals surface area contributed by atoms with Gasteiger partial charge in [-0.05, 0) is 50.4 Å². The van der Waals surface area contributed by atoms with Crippen LogP contribution in [-0.2, 0) is 9.57 Å². The molecule has 4 rings (SSSR count). The number of nitrogens with zero attached hydrogens (tertiary/aromatic N) is 1. The van der Waals surface area contributed by atoms with Crippen molar-refractivity contribution < 1.29 is 9.57 Å². The van der Waals surface area contributed by atoms with E-state index in [-0.39, 0.29) is 0 Å². The Morgan fingerprint density at radius 2 is 2.06 bits per heavy atom. The molecule has 4 nitrogen and oxygen atoms in total. The number of oxime groups is 1. The zero-order valence-electron chi connectivity index (χ0n) is 9.60. The molecule has 4 aliphatic carbocycles. The highest BCUT2D eigenvalue weighted by Crippen LogP contribution is 2.49. The van der Waals surface area contributed by atoms with Gasteiger partial charge < -0.3 is 15.3 Å². The average Bonchev–Trinajstić information content (AvgIpc) is 2.69. The van der Waals surface area contributed by atoms with Crippen LogP contribution in [0.1, 0.15) is 38.5 Å². The van der Waals surface area contributed by atoms with E-state index in [2.05, 4.69) is 5.16 Å². The predicted octanol–water partition coefficient (Wildman–Crippen LogP) is 1.64. The lowest BCUT2D eigenvalue weighted by atomic mass is 9.84. The van der Waals surface area contributed by atoms with Crippen molar-refractivity contribution in [2.45, 2.75) is 50.7 Å². The van der Waals surface area contributed by atoms with Gasteiger partial charge in [0.05, 0.1) is 6.10 Å². The third-order valence-electron chi connectivity index (χ3n) is 4.19. The third-order valence-corrected chi connectivity index (χ3v) is 4.19. The van der Waals surface area contributed by atoms with Crippen molar-refractivity contribution in [1.29, 1.82) is 0 Å². The summed E-state index contributed by atoms with van der Waals surface area (Å²) in [6.07, 6.45) is 8.19. The van der Waals surface area contributed by atoms with Crippen LogP contribution in [0.3, 0.4) is 0 Å². The quantitative estimate of drug-likeness (QED) is 0.439. The molecule has 2 bridgehead atoms. The van der Waals surface area contributed by atoms with E-state index >= 15 is 0 Å². The molecule has 90 valence electrons. The minimum atomic E-state index is 0.326. The first-order valence-corrected chi connectivity index (χ1v) is 6.41. The van der Waals surface area contributed by atoms with E-state index in [0.29, 0.717) is 24.7 Å². The Labute approximate surface area is 96.2 Å². The molecule has 1 unspecified atom stereocenters. The molecule has 0 amide bonds. The van der Waals surface area contributed by atoms with E-state index in [0.717, 1.165) is 11.8 Å². The van der Waals surface area contributed by atoms with Gasteiger partial charge in [-0.25, -0.2) is 0 Å². The molecule has 16 heavy (non-hydrogen) atoms. The summed E-state index contributed by atoms with van der Waals surface area (Å²) in [4.78, 5) is 5.49. The van der Waals surface area contributed by atoms with Crippen LogP contribution in [-0.4, -0.2) is 24.7 Å². The number of hydrogen-bond donors (Lipinski definition) is 1. The summed E-state index contributed by atoms with van der Waals surface area (Å²) in [5, 5.41) is 3.98. The summed E-state index contributed by atoms with van der Waals surface area (Å²) in [7, 11) is 0. The lowest BCUT2D eigenvalue weighted by molar-refractivity contribution is 0.0156. The maximum atomic E-state index is 5.74.